The molecule has 1 aliphatic rings. The second kappa shape index (κ2) is 4.99. The van der Waals surface area contributed by atoms with Gasteiger partial charge in [0.15, 0.2) is 10.9 Å². The maximum atomic E-state index is 11.8. The fraction of sp³-hybridized carbons (Fsp3) is 0.167. The van der Waals surface area contributed by atoms with Gasteiger partial charge >= 0.3 is 0 Å². The van der Waals surface area contributed by atoms with Gasteiger partial charge < -0.3 is 16.0 Å². The second-order valence-corrected chi connectivity index (χ2v) is 5.69. The van der Waals surface area contributed by atoms with E-state index in [-0.39, 0.29) is 16.6 Å². The molecule has 104 valence electrons. The highest BCUT2D eigenvalue weighted by atomic mass is 79.9. The number of nitrogens with zero attached hydrogens (tertiary/aromatic N) is 2. The second-order valence-electron chi connectivity index (χ2n) is 4.38. The Morgan fingerprint density at radius 1 is 1.40 bits per heavy atom. The number of halogens is 2. The molecule has 0 amide bonds. The van der Waals surface area contributed by atoms with E-state index in [4.69, 9.17) is 17.3 Å². The fourth-order valence-corrected chi connectivity index (χ4v) is 2.76. The molecule has 8 heteroatoms. The van der Waals surface area contributed by atoms with Gasteiger partial charge in [-0.15, -0.1) is 0 Å². The van der Waals surface area contributed by atoms with E-state index in [0.717, 1.165) is 5.56 Å². The Bertz CT molecular complexity index is 702. The molecule has 0 radical (unpaired) electrons. The van der Waals surface area contributed by atoms with Crippen LogP contribution in [0, 0.1) is 0 Å². The van der Waals surface area contributed by atoms with E-state index in [0.29, 0.717) is 23.1 Å². The van der Waals surface area contributed by atoms with Gasteiger partial charge in [-0.3, -0.25) is 9.78 Å². The SMILES string of the molecule is Nc1nc2c(c(=O)[nH]1)NC(Br)N2Cc1ccc(Cl)cc1. The molecule has 0 saturated carbocycles. The molecule has 0 spiro atoms. The van der Waals surface area contributed by atoms with Crippen LogP contribution in [-0.4, -0.2) is 15.0 Å². The van der Waals surface area contributed by atoms with Crippen molar-refractivity contribution < 1.29 is 0 Å². The van der Waals surface area contributed by atoms with Crippen molar-refractivity contribution in [1.29, 1.82) is 0 Å². The number of anilines is 3. The Hall–Kier alpha value is -1.73. The summed E-state index contributed by atoms with van der Waals surface area (Å²) in [5, 5.41) is 3.49. The number of fused-ring (bicyclic) bond motifs is 1. The molecular weight excluding hydrogens is 346 g/mol. The zero-order chi connectivity index (χ0) is 14.3. The fourth-order valence-electron chi connectivity index (χ4n) is 2.06. The lowest BCUT2D eigenvalue weighted by molar-refractivity contribution is 0.829. The zero-order valence-electron chi connectivity index (χ0n) is 10.2. The molecule has 1 aliphatic heterocycles. The summed E-state index contributed by atoms with van der Waals surface area (Å²) >= 11 is 9.34. The number of hydrogen-bond donors (Lipinski definition) is 3. The van der Waals surface area contributed by atoms with E-state index in [9.17, 15) is 4.79 Å². The van der Waals surface area contributed by atoms with Crippen LogP contribution in [0.5, 0.6) is 0 Å². The maximum absolute atomic E-state index is 11.8. The molecule has 1 aromatic heterocycles. The Labute approximate surface area is 128 Å². The van der Waals surface area contributed by atoms with E-state index in [2.05, 4.69) is 31.2 Å². The smallest absolute Gasteiger partial charge is 0.277 e. The molecule has 4 N–H and O–H groups in total. The third kappa shape index (κ3) is 2.34. The first-order chi connectivity index (χ1) is 9.54. The van der Waals surface area contributed by atoms with Gasteiger partial charge in [0.25, 0.3) is 5.56 Å². The highest BCUT2D eigenvalue weighted by Crippen LogP contribution is 2.33. The summed E-state index contributed by atoms with van der Waals surface area (Å²) < 4.78 is 0. The first-order valence-electron chi connectivity index (χ1n) is 5.86. The van der Waals surface area contributed by atoms with Crippen molar-refractivity contribution in [3.05, 3.63) is 45.2 Å². The number of nitrogens with one attached hydrogen (secondary N) is 2. The molecule has 20 heavy (non-hydrogen) atoms. The predicted molar refractivity (Wildman–Crippen MR) is 83.2 cm³/mol. The van der Waals surface area contributed by atoms with Crippen LogP contribution in [0.15, 0.2) is 29.1 Å². The highest BCUT2D eigenvalue weighted by Gasteiger charge is 2.30. The molecular formula is C12H11BrClN5O. The number of benzene rings is 1. The number of alkyl halides is 1. The number of aromatic amines is 1. The molecule has 0 aliphatic carbocycles. The molecule has 2 heterocycles. The van der Waals surface area contributed by atoms with Crippen molar-refractivity contribution in [2.45, 2.75) is 11.6 Å². The third-order valence-corrected chi connectivity index (χ3v) is 3.97. The van der Waals surface area contributed by atoms with Crippen molar-refractivity contribution >= 4 is 45.0 Å². The lowest BCUT2D eigenvalue weighted by Gasteiger charge is -2.21. The van der Waals surface area contributed by atoms with Gasteiger partial charge in [0.2, 0.25) is 5.95 Å². The van der Waals surface area contributed by atoms with Crippen molar-refractivity contribution in [2.24, 2.45) is 0 Å². The lowest BCUT2D eigenvalue weighted by atomic mass is 10.2. The number of rotatable bonds is 2. The van der Waals surface area contributed by atoms with Crippen LogP contribution in [0.1, 0.15) is 5.56 Å². The first kappa shape index (κ1) is 13.3. The summed E-state index contributed by atoms with van der Waals surface area (Å²) in [4.78, 5) is 20.4. The summed E-state index contributed by atoms with van der Waals surface area (Å²) in [6.07, 6.45) is 0. The van der Waals surface area contributed by atoms with Crippen molar-refractivity contribution in [2.75, 3.05) is 16.0 Å². The number of nitrogens with two attached hydrogens (primary N) is 1. The zero-order valence-corrected chi connectivity index (χ0v) is 12.6. The van der Waals surface area contributed by atoms with Crippen molar-refractivity contribution in [3.63, 3.8) is 0 Å². The summed E-state index contributed by atoms with van der Waals surface area (Å²) in [5.74, 6) is 0.626. The quantitative estimate of drug-likeness (QED) is 0.567. The molecule has 1 atom stereocenters. The van der Waals surface area contributed by atoms with Crippen molar-refractivity contribution in [1.82, 2.24) is 9.97 Å². The Kier molecular flexibility index (Phi) is 3.31. The van der Waals surface area contributed by atoms with Crippen LogP contribution in [0.2, 0.25) is 5.02 Å². The average molecular weight is 357 g/mol. The summed E-state index contributed by atoms with van der Waals surface area (Å²) in [6.45, 7) is 0.572. The van der Waals surface area contributed by atoms with Crippen LogP contribution in [-0.2, 0) is 6.54 Å². The van der Waals surface area contributed by atoms with Crippen LogP contribution in [0.25, 0.3) is 0 Å². The van der Waals surface area contributed by atoms with Gasteiger partial charge in [-0.05, 0) is 33.6 Å². The predicted octanol–water partition coefficient (Wildman–Crippen LogP) is 2.12. The Morgan fingerprint density at radius 3 is 2.80 bits per heavy atom. The number of nitrogen functional groups attached to an aromatic ring is 1. The van der Waals surface area contributed by atoms with Crippen LogP contribution < -0.4 is 21.5 Å². The minimum atomic E-state index is -0.282. The Morgan fingerprint density at radius 2 is 2.10 bits per heavy atom. The number of hydrogen-bond acceptors (Lipinski definition) is 5. The first-order valence-corrected chi connectivity index (χ1v) is 7.15. The lowest BCUT2D eigenvalue weighted by Crippen LogP contribution is -2.30. The van der Waals surface area contributed by atoms with Crippen LogP contribution >= 0.6 is 27.5 Å². The molecule has 0 bridgehead atoms. The molecule has 6 nitrogen and oxygen atoms in total. The highest BCUT2D eigenvalue weighted by molar-refractivity contribution is 9.09. The summed E-state index contributed by atoms with van der Waals surface area (Å²) in [6, 6.07) is 7.50. The maximum Gasteiger partial charge on any atom is 0.277 e. The van der Waals surface area contributed by atoms with E-state index in [1.165, 1.54) is 0 Å². The minimum absolute atomic E-state index is 0.0956. The summed E-state index contributed by atoms with van der Waals surface area (Å²) in [7, 11) is 0. The van der Waals surface area contributed by atoms with E-state index in [1.807, 2.05) is 29.2 Å². The third-order valence-electron chi connectivity index (χ3n) is 2.99. The minimum Gasteiger partial charge on any atom is -0.369 e. The molecule has 2 aromatic rings. The molecule has 1 unspecified atom stereocenters. The van der Waals surface area contributed by atoms with Gasteiger partial charge in [0.1, 0.15) is 5.69 Å². The van der Waals surface area contributed by atoms with Gasteiger partial charge in [-0.1, -0.05) is 23.7 Å². The van der Waals surface area contributed by atoms with Gasteiger partial charge in [0.05, 0.1) is 0 Å². The van der Waals surface area contributed by atoms with Gasteiger partial charge in [-0.2, -0.15) is 4.98 Å². The largest absolute Gasteiger partial charge is 0.369 e. The normalized spacial score (nSPS) is 16.9. The summed E-state index contributed by atoms with van der Waals surface area (Å²) in [5.41, 5.74) is 6.78. The standard InChI is InChI=1S/C12H11BrClN5O/c13-11-16-8-9(17-12(15)18-10(8)20)19(11)5-6-1-3-7(14)4-2-6/h1-4,11,16H,5H2,(H3,15,17,18,20). The van der Waals surface area contributed by atoms with Gasteiger partial charge in [0, 0.05) is 11.6 Å². The monoisotopic (exact) mass is 355 g/mol. The molecule has 0 saturated heterocycles. The molecule has 0 fully saturated rings. The number of H-pyrrole nitrogens is 1. The van der Waals surface area contributed by atoms with E-state index < -0.39 is 0 Å². The van der Waals surface area contributed by atoms with Crippen LogP contribution in [0.4, 0.5) is 17.5 Å². The topological polar surface area (TPSA) is 87.0 Å². The van der Waals surface area contributed by atoms with Crippen LogP contribution in [0.3, 0.4) is 0 Å². The number of aromatic nitrogens is 2. The van der Waals surface area contributed by atoms with E-state index >= 15 is 0 Å². The van der Waals surface area contributed by atoms with E-state index in [1.54, 1.807) is 0 Å². The average Bonchev–Trinajstić information content (AvgIpc) is 2.70. The molecule has 3 rings (SSSR count). The van der Waals surface area contributed by atoms with Gasteiger partial charge in [-0.25, -0.2) is 0 Å². The van der Waals surface area contributed by atoms with Crippen molar-refractivity contribution in [3.8, 4) is 0 Å². The molecule has 1 aromatic carbocycles. The Balaban J connectivity index is 1.96.